The van der Waals surface area contributed by atoms with Crippen LogP contribution in [0.5, 0.6) is 11.6 Å². The van der Waals surface area contributed by atoms with Crippen molar-refractivity contribution in [1.29, 1.82) is 10.5 Å². The van der Waals surface area contributed by atoms with Gasteiger partial charge in [-0.2, -0.15) is 15.6 Å². The molecule has 2 N–H and O–H groups in total. The van der Waals surface area contributed by atoms with E-state index < -0.39 is 5.56 Å². The highest BCUT2D eigenvalue weighted by Gasteiger charge is 2.12. The van der Waals surface area contributed by atoms with Gasteiger partial charge in [0.25, 0.3) is 5.56 Å². The number of nitriles is 2. The van der Waals surface area contributed by atoms with E-state index >= 15 is 0 Å². The van der Waals surface area contributed by atoms with Crippen molar-refractivity contribution in [2.45, 2.75) is 0 Å². The molecule has 9 heteroatoms. The zero-order chi connectivity index (χ0) is 23.0. The summed E-state index contributed by atoms with van der Waals surface area (Å²) in [6, 6.07) is 23.1. The van der Waals surface area contributed by atoms with Gasteiger partial charge in [-0.15, -0.1) is 0 Å². The van der Waals surface area contributed by atoms with Crippen LogP contribution in [0.2, 0.25) is 0 Å². The SMILES string of the molecule is N#Cc1cccnc1Oc1ccc(C=NNc2nc(-c3ccccc3)c(C#N)c(=O)[nH]2)cc1. The summed E-state index contributed by atoms with van der Waals surface area (Å²) < 4.78 is 5.65. The van der Waals surface area contributed by atoms with Crippen LogP contribution >= 0.6 is 0 Å². The van der Waals surface area contributed by atoms with Crippen molar-refractivity contribution in [3.8, 4) is 35.0 Å². The van der Waals surface area contributed by atoms with Gasteiger partial charge in [0.2, 0.25) is 11.8 Å². The molecule has 4 aromatic rings. The largest absolute Gasteiger partial charge is 0.438 e. The van der Waals surface area contributed by atoms with E-state index in [2.05, 4.69) is 25.5 Å². The molecular weight excluding hydrogens is 418 g/mol. The molecule has 2 aromatic carbocycles. The number of hydrazone groups is 1. The smallest absolute Gasteiger partial charge is 0.270 e. The van der Waals surface area contributed by atoms with Crippen molar-refractivity contribution >= 4 is 12.2 Å². The van der Waals surface area contributed by atoms with Crippen LogP contribution in [0.3, 0.4) is 0 Å². The zero-order valence-electron chi connectivity index (χ0n) is 17.1. The van der Waals surface area contributed by atoms with Crippen molar-refractivity contribution in [2.75, 3.05) is 5.43 Å². The molecule has 0 amide bonds. The van der Waals surface area contributed by atoms with Gasteiger partial charge in [0.15, 0.2) is 0 Å². The summed E-state index contributed by atoms with van der Waals surface area (Å²) in [7, 11) is 0. The molecule has 0 spiro atoms. The third-order valence-corrected chi connectivity index (χ3v) is 4.45. The van der Waals surface area contributed by atoms with Crippen molar-refractivity contribution in [1.82, 2.24) is 15.0 Å². The number of aromatic amines is 1. The lowest BCUT2D eigenvalue weighted by Gasteiger charge is -2.06. The minimum atomic E-state index is -0.559. The van der Waals surface area contributed by atoms with Gasteiger partial charge in [-0.25, -0.2) is 15.4 Å². The lowest BCUT2D eigenvalue weighted by molar-refractivity contribution is 0.461. The molecule has 0 atom stereocenters. The number of ether oxygens (including phenoxy) is 1. The number of hydrogen-bond acceptors (Lipinski definition) is 8. The zero-order valence-corrected chi connectivity index (χ0v) is 17.1. The van der Waals surface area contributed by atoms with Crippen LogP contribution < -0.4 is 15.7 Å². The molecule has 9 nitrogen and oxygen atoms in total. The number of benzene rings is 2. The van der Waals surface area contributed by atoms with Crippen LogP contribution in [0.4, 0.5) is 5.95 Å². The molecule has 0 aliphatic heterocycles. The first-order chi connectivity index (χ1) is 16.2. The second-order valence-electron chi connectivity index (χ2n) is 6.62. The average molecular weight is 433 g/mol. The van der Waals surface area contributed by atoms with Gasteiger partial charge in [0.1, 0.15) is 29.0 Å². The Morgan fingerprint density at radius 2 is 1.79 bits per heavy atom. The number of rotatable bonds is 6. The van der Waals surface area contributed by atoms with E-state index in [1.807, 2.05) is 18.2 Å². The second kappa shape index (κ2) is 9.69. The summed E-state index contributed by atoms with van der Waals surface area (Å²) in [5.41, 5.74) is 4.06. The third kappa shape index (κ3) is 4.90. The molecule has 4 rings (SSSR count). The van der Waals surface area contributed by atoms with Crippen LogP contribution in [-0.4, -0.2) is 21.2 Å². The summed E-state index contributed by atoms with van der Waals surface area (Å²) in [4.78, 5) is 23.2. The molecule has 0 saturated carbocycles. The molecule has 2 heterocycles. The number of aromatic nitrogens is 3. The Hall–Kier alpha value is -5.28. The van der Waals surface area contributed by atoms with Gasteiger partial charge >= 0.3 is 0 Å². The number of anilines is 1. The van der Waals surface area contributed by atoms with Crippen LogP contribution in [-0.2, 0) is 0 Å². The Balaban J connectivity index is 1.48. The number of hydrogen-bond donors (Lipinski definition) is 2. The van der Waals surface area contributed by atoms with E-state index in [4.69, 9.17) is 10.00 Å². The summed E-state index contributed by atoms with van der Waals surface area (Å²) in [5.74, 6) is 0.849. The molecule has 33 heavy (non-hydrogen) atoms. The molecular formula is C24H15N7O2. The normalized spacial score (nSPS) is 10.4. The number of pyridine rings is 1. The Morgan fingerprint density at radius 1 is 1.00 bits per heavy atom. The lowest BCUT2D eigenvalue weighted by Crippen LogP contribution is -2.16. The van der Waals surface area contributed by atoms with Crippen molar-refractivity contribution in [3.63, 3.8) is 0 Å². The fourth-order valence-corrected chi connectivity index (χ4v) is 2.89. The standard InChI is InChI=1S/C24H15N7O2/c25-13-18-7-4-12-27-23(18)33-19-10-8-16(9-11-19)15-28-31-24-29-21(17-5-2-1-3-6-17)20(14-26)22(32)30-24/h1-12,15H,(H2,29,30,31,32). The van der Waals surface area contributed by atoms with Crippen LogP contribution in [0.1, 0.15) is 16.7 Å². The minimum absolute atomic E-state index is 0.0706. The maximum atomic E-state index is 12.3. The van der Waals surface area contributed by atoms with Gasteiger partial charge in [0, 0.05) is 11.8 Å². The first-order valence-corrected chi connectivity index (χ1v) is 9.70. The number of nitrogens with one attached hydrogen (secondary N) is 2. The van der Waals surface area contributed by atoms with E-state index in [0.717, 1.165) is 5.56 Å². The van der Waals surface area contributed by atoms with Gasteiger partial charge in [0.05, 0.1) is 11.9 Å². The van der Waals surface area contributed by atoms with E-state index in [0.29, 0.717) is 16.9 Å². The Labute approximate surface area is 188 Å². The average Bonchev–Trinajstić information content (AvgIpc) is 2.85. The molecule has 2 aromatic heterocycles. The lowest BCUT2D eigenvalue weighted by atomic mass is 10.1. The molecule has 0 saturated heterocycles. The summed E-state index contributed by atoms with van der Waals surface area (Å²) in [6.45, 7) is 0. The minimum Gasteiger partial charge on any atom is -0.438 e. The van der Waals surface area contributed by atoms with Gasteiger partial charge in [-0.3, -0.25) is 9.78 Å². The van der Waals surface area contributed by atoms with Gasteiger partial charge in [-0.05, 0) is 42.0 Å². The van der Waals surface area contributed by atoms with E-state index in [1.54, 1.807) is 66.9 Å². The van der Waals surface area contributed by atoms with Crippen LogP contribution in [0.25, 0.3) is 11.3 Å². The highest BCUT2D eigenvalue weighted by Crippen LogP contribution is 2.22. The fraction of sp³-hybridized carbons (Fsp3) is 0. The van der Waals surface area contributed by atoms with Gasteiger partial charge < -0.3 is 4.74 Å². The molecule has 0 aliphatic carbocycles. The quantitative estimate of drug-likeness (QED) is 0.348. The van der Waals surface area contributed by atoms with Crippen molar-refractivity contribution < 1.29 is 4.74 Å². The topological polar surface area (TPSA) is 140 Å². The fourth-order valence-electron chi connectivity index (χ4n) is 2.89. The number of H-pyrrole nitrogens is 1. The highest BCUT2D eigenvalue weighted by molar-refractivity contribution is 5.80. The summed E-state index contributed by atoms with van der Waals surface area (Å²) >= 11 is 0. The van der Waals surface area contributed by atoms with Crippen molar-refractivity contribution in [2.24, 2.45) is 5.10 Å². The first-order valence-electron chi connectivity index (χ1n) is 9.70. The van der Waals surface area contributed by atoms with E-state index in [1.165, 1.54) is 6.21 Å². The first kappa shape index (κ1) is 21.0. The number of nitrogens with zero attached hydrogens (tertiary/aromatic N) is 5. The van der Waals surface area contributed by atoms with Crippen molar-refractivity contribution in [3.05, 3.63) is 100.0 Å². The molecule has 0 unspecified atom stereocenters. The Kier molecular flexibility index (Phi) is 6.15. The predicted molar refractivity (Wildman–Crippen MR) is 122 cm³/mol. The van der Waals surface area contributed by atoms with Crippen LogP contribution in [0, 0.1) is 22.7 Å². The maximum absolute atomic E-state index is 12.3. The van der Waals surface area contributed by atoms with Crippen LogP contribution in [0.15, 0.2) is 82.8 Å². The monoisotopic (exact) mass is 433 g/mol. The molecule has 0 fully saturated rings. The summed E-state index contributed by atoms with van der Waals surface area (Å²) in [6.07, 6.45) is 3.08. The van der Waals surface area contributed by atoms with E-state index in [9.17, 15) is 10.1 Å². The Bertz CT molecular complexity index is 1450. The molecule has 0 radical (unpaired) electrons. The Morgan fingerprint density at radius 3 is 2.52 bits per heavy atom. The molecule has 0 aliphatic rings. The molecule has 158 valence electrons. The highest BCUT2D eigenvalue weighted by atomic mass is 16.5. The third-order valence-electron chi connectivity index (χ3n) is 4.45. The molecule has 0 bridgehead atoms. The second-order valence-corrected chi connectivity index (χ2v) is 6.62. The summed E-state index contributed by atoms with van der Waals surface area (Å²) in [5, 5.41) is 22.6. The maximum Gasteiger partial charge on any atom is 0.270 e. The van der Waals surface area contributed by atoms with E-state index in [-0.39, 0.29) is 23.1 Å². The van der Waals surface area contributed by atoms with Gasteiger partial charge in [-0.1, -0.05) is 30.3 Å². The predicted octanol–water partition coefficient (Wildman–Crippen LogP) is 3.81.